The summed E-state index contributed by atoms with van der Waals surface area (Å²) in [7, 11) is 0. The van der Waals surface area contributed by atoms with Crippen LogP contribution in [-0.2, 0) is 4.74 Å². The first kappa shape index (κ1) is 13.6. The predicted octanol–water partition coefficient (Wildman–Crippen LogP) is 2.31. The van der Waals surface area contributed by atoms with Gasteiger partial charge in [-0.05, 0) is 19.1 Å². The Bertz CT molecular complexity index is 403. The molecule has 18 heavy (non-hydrogen) atoms. The molecule has 0 saturated carbocycles. The molecule has 0 bridgehead atoms. The summed E-state index contributed by atoms with van der Waals surface area (Å²) in [5, 5.41) is 0. The molecule has 0 amide bonds. The van der Waals surface area contributed by atoms with Crippen molar-refractivity contribution < 1.29 is 9.53 Å². The Hall–Kier alpha value is -0.840. The summed E-state index contributed by atoms with van der Waals surface area (Å²) in [6, 6.07) is 7.87. The number of nitrogens with zero attached hydrogens (tertiary/aromatic N) is 1. The molecule has 1 saturated heterocycles. The van der Waals surface area contributed by atoms with Crippen LogP contribution < -0.4 is 0 Å². The maximum atomic E-state index is 11.3. The van der Waals surface area contributed by atoms with E-state index in [2.05, 4.69) is 11.0 Å². The molecule has 3 nitrogen and oxygen atoms in total. The fourth-order valence-electron chi connectivity index (χ4n) is 1.92. The normalized spacial score (nSPS) is 16.7. The lowest BCUT2D eigenvalue weighted by atomic mass is 10.2. The predicted molar refractivity (Wildman–Crippen MR) is 74.4 cm³/mol. The van der Waals surface area contributed by atoms with Gasteiger partial charge in [-0.2, -0.15) is 0 Å². The second-order valence-electron chi connectivity index (χ2n) is 4.39. The average Bonchev–Trinajstić information content (AvgIpc) is 2.40. The van der Waals surface area contributed by atoms with E-state index >= 15 is 0 Å². The van der Waals surface area contributed by atoms with E-state index < -0.39 is 0 Å². The van der Waals surface area contributed by atoms with Crippen molar-refractivity contribution in [3.63, 3.8) is 0 Å². The molecule has 4 heteroatoms. The van der Waals surface area contributed by atoms with E-state index in [0.29, 0.717) is 0 Å². The third-order valence-corrected chi connectivity index (χ3v) is 3.99. The monoisotopic (exact) mass is 265 g/mol. The Morgan fingerprint density at radius 1 is 1.39 bits per heavy atom. The zero-order valence-corrected chi connectivity index (χ0v) is 11.5. The number of hydrogen-bond acceptors (Lipinski definition) is 4. The van der Waals surface area contributed by atoms with Crippen molar-refractivity contribution in [2.75, 3.05) is 38.6 Å². The van der Waals surface area contributed by atoms with Crippen molar-refractivity contribution in [1.29, 1.82) is 0 Å². The third kappa shape index (κ3) is 4.12. The van der Waals surface area contributed by atoms with Crippen LogP contribution >= 0.6 is 11.8 Å². The van der Waals surface area contributed by atoms with Gasteiger partial charge < -0.3 is 4.74 Å². The molecular formula is C14H19NO2S. The highest BCUT2D eigenvalue weighted by atomic mass is 32.2. The molecule has 1 heterocycles. The van der Waals surface area contributed by atoms with Crippen molar-refractivity contribution >= 4 is 17.5 Å². The van der Waals surface area contributed by atoms with Gasteiger partial charge in [-0.3, -0.25) is 9.69 Å². The molecule has 0 unspecified atom stereocenters. The number of hydrogen-bond donors (Lipinski definition) is 0. The van der Waals surface area contributed by atoms with E-state index in [1.165, 1.54) is 4.90 Å². The standard InChI is InChI=1S/C14H19NO2S/c1-12(16)13-3-2-4-14(11-13)18-10-7-15-5-8-17-9-6-15/h2-4,11H,5-10H2,1H3. The van der Waals surface area contributed by atoms with Crippen LogP contribution in [0.15, 0.2) is 29.2 Å². The summed E-state index contributed by atoms with van der Waals surface area (Å²) in [5.74, 6) is 1.19. The Morgan fingerprint density at radius 2 is 2.17 bits per heavy atom. The van der Waals surface area contributed by atoms with Gasteiger partial charge in [-0.15, -0.1) is 11.8 Å². The third-order valence-electron chi connectivity index (χ3n) is 3.02. The second-order valence-corrected chi connectivity index (χ2v) is 5.55. The molecule has 0 radical (unpaired) electrons. The molecule has 1 aliphatic rings. The van der Waals surface area contributed by atoms with Crippen LogP contribution in [0.4, 0.5) is 0 Å². The number of rotatable bonds is 5. The maximum Gasteiger partial charge on any atom is 0.159 e. The minimum Gasteiger partial charge on any atom is -0.379 e. The van der Waals surface area contributed by atoms with Gasteiger partial charge >= 0.3 is 0 Å². The quantitative estimate of drug-likeness (QED) is 0.603. The number of ketones is 1. The summed E-state index contributed by atoms with van der Waals surface area (Å²) < 4.78 is 5.32. The maximum absolute atomic E-state index is 11.3. The average molecular weight is 265 g/mol. The van der Waals surface area contributed by atoms with Crippen molar-refractivity contribution in [3.05, 3.63) is 29.8 Å². The summed E-state index contributed by atoms with van der Waals surface area (Å²) in [6.45, 7) is 6.47. The Morgan fingerprint density at radius 3 is 2.89 bits per heavy atom. The van der Waals surface area contributed by atoms with Gasteiger partial charge in [-0.1, -0.05) is 12.1 Å². The van der Waals surface area contributed by atoms with Crippen LogP contribution in [0.3, 0.4) is 0 Å². The lowest BCUT2D eigenvalue weighted by Gasteiger charge is -2.26. The number of carbonyl (C=O) groups is 1. The van der Waals surface area contributed by atoms with Crippen LogP contribution in [-0.4, -0.2) is 49.3 Å². The minimum atomic E-state index is 0.130. The number of morpholine rings is 1. The first-order valence-electron chi connectivity index (χ1n) is 6.29. The number of thioether (sulfide) groups is 1. The lowest BCUT2D eigenvalue weighted by molar-refractivity contribution is 0.0410. The van der Waals surface area contributed by atoms with Crippen molar-refractivity contribution in [2.24, 2.45) is 0 Å². The molecule has 0 aliphatic carbocycles. The van der Waals surface area contributed by atoms with Crippen molar-refractivity contribution in [1.82, 2.24) is 4.90 Å². The van der Waals surface area contributed by atoms with Crippen LogP contribution in [0.1, 0.15) is 17.3 Å². The van der Waals surface area contributed by atoms with E-state index in [1.54, 1.807) is 6.92 Å². The van der Waals surface area contributed by atoms with Gasteiger partial charge in [0.25, 0.3) is 0 Å². The van der Waals surface area contributed by atoms with Gasteiger partial charge in [0.05, 0.1) is 13.2 Å². The number of ether oxygens (including phenoxy) is 1. The molecule has 1 aliphatic heterocycles. The molecule has 2 rings (SSSR count). The van der Waals surface area contributed by atoms with Crippen LogP contribution in [0.2, 0.25) is 0 Å². The van der Waals surface area contributed by atoms with Gasteiger partial charge in [0.15, 0.2) is 5.78 Å². The van der Waals surface area contributed by atoms with Crippen LogP contribution in [0.5, 0.6) is 0 Å². The number of carbonyl (C=O) groups excluding carboxylic acids is 1. The minimum absolute atomic E-state index is 0.130. The van der Waals surface area contributed by atoms with Gasteiger partial charge in [0, 0.05) is 35.8 Å². The van der Waals surface area contributed by atoms with Crippen molar-refractivity contribution in [2.45, 2.75) is 11.8 Å². The van der Waals surface area contributed by atoms with Gasteiger partial charge in [-0.25, -0.2) is 0 Å². The summed E-state index contributed by atoms with van der Waals surface area (Å²) >= 11 is 1.81. The lowest BCUT2D eigenvalue weighted by Crippen LogP contribution is -2.37. The first-order valence-corrected chi connectivity index (χ1v) is 7.28. The zero-order chi connectivity index (χ0) is 12.8. The Labute approximate surface area is 113 Å². The van der Waals surface area contributed by atoms with E-state index in [9.17, 15) is 4.79 Å². The summed E-state index contributed by atoms with van der Waals surface area (Å²) in [5.41, 5.74) is 0.798. The van der Waals surface area contributed by atoms with Crippen LogP contribution in [0, 0.1) is 0 Å². The number of Topliss-reactive ketones (excluding diaryl/α,β-unsaturated/α-hetero) is 1. The van der Waals surface area contributed by atoms with Crippen LogP contribution in [0.25, 0.3) is 0 Å². The van der Waals surface area contributed by atoms with E-state index in [4.69, 9.17) is 4.74 Å². The molecule has 1 fully saturated rings. The molecule has 0 N–H and O–H groups in total. The molecule has 0 atom stereocenters. The topological polar surface area (TPSA) is 29.5 Å². The second kappa shape index (κ2) is 6.92. The molecular weight excluding hydrogens is 246 g/mol. The Kier molecular flexibility index (Phi) is 5.23. The molecule has 1 aromatic rings. The molecule has 1 aromatic carbocycles. The SMILES string of the molecule is CC(=O)c1cccc(SCCN2CCOCC2)c1. The largest absolute Gasteiger partial charge is 0.379 e. The highest BCUT2D eigenvalue weighted by Gasteiger charge is 2.09. The molecule has 98 valence electrons. The number of benzene rings is 1. The summed E-state index contributed by atoms with van der Waals surface area (Å²) in [6.07, 6.45) is 0. The highest BCUT2D eigenvalue weighted by molar-refractivity contribution is 7.99. The highest BCUT2D eigenvalue weighted by Crippen LogP contribution is 2.19. The fraction of sp³-hybridized carbons (Fsp3) is 0.500. The first-order chi connectivity index (χ1) is 8.75. The molecule has 0 aromatic heterocycles. The van der Waals surface area contributed by atoms with Crippen molar-refractivity contribution in [3.8, 4) is 0 Å². The fourth-order valence-corrected chi connectivity index (χ4v) is 2.89. The van der Waals surface area contributed by atoms with E-state index in [0.717, 1.165) is 44.2 Å². The smallest absolute Gasteiger partial charge is 0.159 e. The summed E-state index contributed by atoms with van der Waals surface area (Å²) in [4.78, 5) is 14.9. The van der Waals surface area contributed by atoms with Gasteiger partial charge in [0.2, 0.25) is 0 Å². The van der Waals surface area contributed by atoms with Gasteiger partial charge in [0.1, 0.15) is 0 Å². The zero-order valence-electron chi connectivity index (χ0n) is 10.7. The van der Waals surface area contributed by atoms with E-state index in [1.807, 2.05) is 30.0 Å². The Balaban J connectivity index is 1.78. The van der Waals surface area contributed by atoms with E-state index in [-0.39, 0.29) is 5.78 Å². The molecule has 0 spiro atoms.